The minimum atomic E-state index is -0.249. The van der Waals surface area contributed by atoms with Gasteiger partial charge in [0.25, 0.3) is 0 Å². The predicted octanol–water partition coefficient (Wildman–Crippen LogP) is 4.75. The zero-order valence-corrected chi connectivity index (χ0v) is 16.7. The van der Waals surface area contributed by atoms with Crippen LogP contribution in [0.5, 0.6) is 0 Å². The lowest BCUT2D eigenvalue weighted by molar-refractivity contribution is -0.119. The highest BCUT2D eigenvalue weighted by molar-refractivity contribution is 7.14. The third-order valence-electron chi connectivity index (χ3n) is 3.82. The molecular weight excluding hydrogens is 394 g/mol. The van der Waals surface area contributed by atoms with E-state index in [0.717, 1.165) is 22.4 Å². The first-order chi connectivity index (χ1) is 13.5. The molecule has 7 heteroatoms. The van der Waals surface area contributed by atoms with Crippen LogP contribution in [0, 0.1) is 0 Å². The van der Waals surface area contributed by atoms with Gasteiger partial charge in [-0.15, -0.1) is 11.3 Å². The number of aromatic nitrogens is 1. The molecule has 0 spiro atoms. The Bertz CT molecular complexity index is 995. The predicted molar refractivity (Wildman–Crippen MR) is 114 cm³/mol. The van der Waals surface area contributed by atoms with Crippen molar-refractivity contribution in [2.24, 2.45) is 0 Å². The molecule has 3 rings (SSSR count). The summed E-state index contributed by atoms with van der Waals surface area (Å²) >= 11 is 7.21. The number of carbonyl (C=O) groups excluding carboxylic acids is 2. The number of thiazole rings is 1. The minimum absolute atomic E-state index is 0.0610. The van der Waals surface area contributed by atoms with Crippen molar-refractivity contribution in [2.45, 2.75) is 13.5 Å². The van der Waals surface area contributed by atoms with Crippen molar-refractivity contribution in [3.05, 3.63) is 76.1 Å². The smallest absolute Gasteiger partial charge is 0.250 e. The fourth-order valence-corrected chi connectivity index (χ4v) is 3.23. The second kappa shape index (κ2) is 9.30. The van der Waals surface area contributed by atoms with Gasteiger partial charge < -0.3 is 5.32 Å². The van der Waals surface area contributed by atoms with Crippen molar-refractivity contribution in [3.8, 4) is 11.3 Å². The molecule has 1 aromatic heterocycles. The van der Waals surface area contributed by atoms with Gasteiger partial charge in [-0.3, -0.25) is 14.9 Å². The van der Waals surface area contributed by atoms with E-state index >= 15 is 0 Å². The fraction of sp³-hybridized carbons (Fsp3) is 0.0952. The van der Waals surface area contributed by atoms with Crippen LogP contribution in [0.2, 0.25) is 5.02 Å². The number of halogens is 1. The van der Waals surface area contributed by atoms with Gasteiger partial charge in [0.1, 0.15) is 0 Å². The second-order valence-corrected chi connectivity index (χ2v) is 7.31. The van der Waals surface area contributed by atoms with Gasteiger partial charge in [0, 0.05) is 35.5 Å². The Kier molecular flexibility index (Phi) is 6.57. The largest absolute Gasteiger partial charge is 0.352 e. The summed E-state index contributed by atoms with van der Waals surface area (Å²) in [6, 6.07) is 15.0. The monoisotopic (exact) mass is 411 g/mol. The molecule has 0 atom stereocenters. The van der Waals surface area contributed by atoms with Gasteiger partial charge in [-0.1, -0.05) is 48.0 Å². The molecule has 0 aliphatic rings. The third-order valence-corrected chi connectivity index (χ3v) is 4.83. The van der Waals surface area contributed by atoms with Crippen LogP contribution in [0.25, 0.3) is 17.3 Å². The van der Waals surface area contributed by atoms with Gasteiger partial charge in [-0.2, -0.15) is 0 Å². The zero-order chi connectivity index (χ0) is 19.9. The van der Waals surface area contributed by atoms with Crippen molar-refractivity contribution in [3.63, 3.8) is 0 Å². The van der Waals surface area contributed by atoms with E-state index in [0.29, 0.717) is 16.7 Å². The first-order valence-corrected chi connectivity index (χ1v) is 9.79. The number of amides is 2. The third kappa shape index (κ3) is 5.77. The molecule has 5 nitrogen and oxygen atoms in total. The number of nitrogens with one attached hydrogen (secondary N) is 2. The van der Waals surface area contributed by atoms with Gasteiger partial charge in [0.2, 0.25) is 11.8 Å². The first-order valence-electron chi connectivity index (χ1n) is 8.53. The summed E-state index contributed by atoms with van der Waals surface area (Å²) in [6.45, 7) is 1.98. The summed E-state index contributed by atoms with van der Waals surface area (Å²) in [7, 11) is 0. The summed E-state index contributed by atoms with van der Waals surface area (Å²) in [5.41, 5.74) is 3.63. The fourth-order valence-electron chi connectivity index (χ4n) is 2.38. The Hall–Kier alpha value is -2.96. The lowest BCUT2D eigenvalue weighted by Crippen LogP contribution is -2.18. The van der Waals surface area contributed by atoms with Crippen molar-refractivity contribution in [2.75, 3.05) is 5.32 Å². The number of nitrogens with zero attached hydrogens (tertiary/aromatic N) is 1. The molecule has 0 aliphatic heterocycles. The molecule has 2 amide bonds. The van der Waals surface area contributed by atoms with E-state index in [2.05, 4.69) is 15.6 Å². The molecule has 2 N–H and O–H groups in total. The maximum Gasteiger partial charge on any atom is 0.250 e. The molecule has 0 unspecified atom stereocenters. The van der Waals surface area contributed by atoms with E-state index in [-0.39, 0.29) is 11.8 Å². The van der Waals surface area contributed by atoms with Crippen molar-refractivity contribution < 1.29 is 9.59 Å². The van der Waals surface area contributed by atoms with Gasteiger partial charge in [0.15, 0.2) is 5.13 Å². The molecule has 28 heavy (non-hydrogen) atoms. The normalized spacial score (nSPS) is 10.8. The Morgan fingerprint density at radius 1 is 1.11 bits per heavy atom. The van der Waals surface area contributed by atoms with E-state index in [1.807, 2.05) is 41.8 Å². The molecule has 2 aromatic carbocycles. The number of rotatable bonds is 6. The average molecular weight is 412 g/mol. The maximum absolute atomic E-state index is 12.1. The van der Waals surface area contributed by atoms with E-state index in [1.165, 1.54) is 24.3 Å². The summed E-state index contributed by atoms with van der Waals surface area (Å²) in [5.74, 6) is -0.310. The molecule has 0 bridgehead atoms. The van der Waals surface area contributed by atoms with Crippen LogP contribution >= 0.6 is 22.9 Å². The zero-order valence-electron chi connectivity index (χ0n) is 15.1. The van der Waals surface area contributed by atoms with Crippen LogP contribution in [-0.2, 0) is 16.1 Å². The summed E-state index contributed by atoms with van der Waals surface area (Å²) in [4.78, 5) is 27.5. The van der Waals surface area contributed by atoms with E-state index in [1.54, 1.807) is 18.2 Å². The highest BCUT2D eigenvalue weighted by Gasteiger charge is 2.07. The van der Waals surface area contributed by atoms with Gasteiger partial charge >= 0.3 is 0 Å². The van der Waals surface area contributed by atoms with Crippen molar-refractivity contribution >= 4 is 46.0 Å². The standard InChI is InChI=1S/C21H18ClN3O2S/c1-14(26)23-12-16-2-7-17(8-3-16)19-13-28-21(24-19)25-20(27)11-6-15-4-9-18(22)10-5-15/h2-11,13H,12H2,1H3,(H,23,26)(H,24,25,27)/b11-6+. The minimum Gasteiger partial charge on any atom is -0.352 e. The van der Waals surface area contributed by atoms with Crippen LogP contribution in [0.1, 0.15) is 18.1 Å². The highest BCUT2D eigenvalue weighted by Crippen LogP contribution is 2.25. The van der Waals surface area contributed by atoms with E-state index < -0.39 is 0 Å². The molecule has 0 aliphatic carbocycles. The highest BCUT2D eigenvalue weighted by atomic mass is 35.5. The first kappa shape index (κ1) is 19.8. The quantitative estimate of drug-likeness (QED) is 0.575. The maximum atomic E-state index is 12.1. The molecule has 0 radical (unpaired) electrons. The van der Waals surface area contributed by atoms with E-state index in [4.69, 9.17) is 11.6 Å². The Balaban J connectivity index is 1.59. The SMILES string of the molecule is CC(=O)NCc1ccc(-c2csc(NC(=O)/C=C/c3ccc(Cl)cc3)n2)cc1. The summed E-state index contributed by atoms with van der Waals surface area (Å²) in [6.07, 6.45) is 3.18. The van der Waals surface area contributed by atoms with Crippen molar-refractivity contribution in [1.82, 2.24) is 10.3 Å². The topological polar surface area (TPSA) is 71.1 Å². The summed E-state index contributed by atoms with van der Waals surface area (Å²) < 4.78 is 0. The number of anilines is 1. The molecule has 0 saturated carbocycles. The van der Waals surface area contributed by atoms with Gasteiger partial charge in [0.05, 0.1) is 5.69 Å². The lowest BCUT2D eigenvalue weighted by atomic mass is 10.1. The van der Waals surface area contributed by atoms with Crippen LogP contribution in [-0.4, -0.2) is 16.8 Å². The van der Waals surface area contributed by atoms with Gasteiger partial charge in [-0.05, 0) is 29.3 Å². The lowest BCUT2D eigenvalue weighted by Gasteiger charge is -2.03. The molecule has 0 saturated heterocycles. The molecule has 142 valence electrons. The molecule has 3 aromatic rings. The molecule has 1 heterocycles. The second-order valence-electron chi connectivity index (χ2n) is 6.02. The molecular formula is C21H18ClN3O2S. The Morgan fingerprint density at radius 3 is 2.50 bits per heavy atom. The summed E-state index contributed by atoms with van der Waals surface area (Å²) in [5, 5.41) is 8.60. The number of benzene rings is 2. The molecule has 0 fully saturated rings. The average Bonchev–Trinajstić information content (AvgIpc) is 3.14. The van der Waals surface area contributed by atoms with Crippen molar-refractivity contribution in [1.29, 1.82) is 0 Å². The van der Waals surface area contributed by atoms with Crippen LogP contribution in [0.15, 0.2) is 60.0 Å². The number of hydrogen-bond donors (Lipinski definition) is 2. The number of carbonyl (C=O) groups is 2. The number of hydrogen-bond acceptors (Lipinski definition) is 4. The Morgan fingerprint density at radius 2 is 1.82 bits per heavy atom. The van der Waals surface area contributed by atoms with Gasteiger partial charge in [-0.25, -0.2) is 4.98 Å². The van der Waals surface area contributed by atoms with Crippen LogP contribution in [0.3, 0.4) is 0 Å². The van der Waals surface area contributed by atoms with Crippen LogP contribution in [0.4, 0.5) is 5.13 Å². The van der Waals surface area contributed by atoms with Crippen LogP contribution < -0.4 is 10.6 Å². The van der Waals surface area contributed by atoms with E-state index in [9.17, 15) is 9.59 Å². The Labute approximate surface area is 172 Å².